The minimum absolute atomic E-state index is 0.142. The molecular formula is C21H28N4O3. The quantitative estimate of drug-likeness (QED) is 0.685. The molecule has 0 spiro atoms. The normalized spacial score (nSPS) is 14.2. The Kier molecular flexibility index (Phi) is 6.81. The van der Waals surface area contributed by atoms with E-state index in [1.807, 2.05) is 41.8 Å². The van der Waals surface area contributed by atoms with Crippen LogP contribution in [0.3, 0.4) is 0 Å². The number of nitrogens with one attached hydrogen (secondary N) is 2. The zero-order valence-corrected chi connectivity index (χ0v) is 16.5. The second kappa shape index (κ2) is 9.50. The Morgan fingerprint density at radius 1 is 1.21 bits per heavy atom. The molecule has 7 nitrogen and oxygen atoms in total. The third-order valence-corrected chi connectivity index (χ3v) is 4.99. The number of fused-ring (bicyclic) bond motifs is 1. The highest BCUT2D eigenvalue weighted by Crippen LogP contribution is 2.22. The van der Waals surface area contributed by atoms with Gasteiger partial charge in [-0.25, -0.2) is 4.98 Å². The van der Waals surface area contributed by atoms with Crippen LogP contribution >= 0.6 is 0 Å². The summed E-state index contributed by atoms with van der Waals surface area (Å²) in [5.74, 6) is -0.158. The fourth-order valence-electron chi connectivity index (χ4n) is 3.49. The number of methoxy groups -OCH3 is 1. The fourth-order valence-corrected chi connectivity index (χ4v) is 3.49. The van der Waals surface area contributed by atoms with Crippen LogP contribution in [0.2, 0.25) is 0 Å². The molecule has 28 heavy (non-hydrogen) atoms. The van der Waals surface area contributed by atoms with Crippen LogP contribution in [0.15, 0.2) is 30.3 Å². The lowest BCUT2D eigenvalue weighted by Crippen LogP contribution is -2.30. The van der Waals surface area contributed by atoms with Crippen LogP contribution in [0, 0.1) is 0 Å². The number of carbonyl (C=O) groups is 2. The van der Waals surface area contributed by atoms with Gasteiger partial charge in [-0.1, -0.05) is 30.3 Å². The van der Waals surface area contributed by atoms with Gasteiger partial charge in [0.1, 0.15) is 5.69 Å². The van der Waals surface area contributed by atoms with Crippen LogP contribution in [-0.2, 0) is 17.7 Å². The number of ether oxygens (including phenoxy) is 1. The maximum atomic E-state index is 12.9. The monoisotopic (exact) mass is 384 g/mol. The molecule has 0 bridgehead atoms. The van der Waals surface area contributed by atoms with E-state index in [9.17, 15) is 9.59 Å². The topological polar surface area (TPSA) is 85.2 Å². The Labute approximate surface area is 165 Å². The minimum Gasteiger partial charge on any atom is -0.385 e. The number of hydrogen-bond acceptors (Lipinski definition) is 4. The standard InChI is InChI=1S/C21H28N4O3/c1-15(16-9-4-3-5-10-16)23-21(27)19-24-18(17-11-6-7-13-25(17)19)20(26)22-12-8-14-28-2/h3-5,9-10,15H,6-8,11-14H2,1-2H3,(H,22,26)(H,23,27). The molecule has 2 N–H and O–H groups in total. The first kappa shape index (κ1) is 20.1. The zero-order chi connectivity index (χ0) is 19.9. The Morgan fingerprint density at radius 3 is 2.75 bits per heavy atom. The van der Waals surface area contributed by atoms with E-state index in [0.29, 0.717) is 31.2 Å². The Bertz CT molecular complexity index is 817. The second-order valence-electron chi connectivity index (χ2n) is 7.05. The van der Waals surface area contributed by atoms with Crippen LogP contribution < -0.4 is 10.6 Å². The Hall–Kier alpha value is -2.67. The van der Waals surface area contributed by atoms with Gasteiger partial charge in [0, 0.05) is 26.8 Å². The largest absolute Gasteiger partial charge is 0.385 e. The van der Waals surface area contributed by atoms with Gasteiger partial charge in [-0.15, -0.1) is 0 Å². The van der Waals surface area contributed by atoms with Crippen LogP contribution in [0.1, 0.15) is 64.6 Å². The van der Waals surface area contributed by atoms with E-state index < -0.39 is 0 Å². The molecule has 2 aromatic rings. The maximum Gasteiger partial charge on any atom is 0.287 e. The Morgan fingerprint density at radius 2 is 2.00 bits per heavy atom. The van der Waals surface area contributed by atoms with Crippen molar-refractivity contribution in [2.75, 3.05) is 20.3 Å². The molecule has 2 heterocycles. The van der Waals surface area contributed by atoms with Gasteiger partial charge in [0.15, 0.2) is 5.82 Å². The van der Waals surface area contributed by atoms with Gasteiger partial charge >= 0.3 is 0 Å². The molecular weight excluding hydrogens is 356 g/mol. The minimum atomic E-state index is -0.252. The molecule has 150 valence electrons. The number of hydrogen-bond donors (Lipinski definition) is 2. The molecule has 1 aromatic heterocycles. The van der Waals surface area contributed by atoms with Crippen molar-refractivity contribution in [2.24, 2.45) is 0 Å². The van der Waals surface area contributed by atoms with Gasteiger partial charge in [0.2, 0.25) is 0 Å². The van der Waals surface area contributed by atoms with Crippen molar-refractivity contribution in [2.45, 2.75) is 45.2 Å². The predicted octanol–water partition coefficient (Wildman–Crippen LogP) is 2.48. The molecule has 1 aromatic carbocycles. The lowest BCUT2D eigenvalue weighted by Gasteiger charge is -2.18. The number of carbonyl (C=O) groups excluding carboxylic acids is 2. The molecule has 0 radical (unpaired) electrons. The van der Waals surface area contributed by atoms with Crippen molar-refractivity contribution >= 4 is 11.8 Å². The first-order valence-corrected chi connectivity index (χ1v) is 9.84. The molecule has 1 aliphatic heterocycles. The second-order valence-corrected chi connectivity index (χ2v) is 7.05. The summed E-state index contributed by atoms with van der Waals surface area (Å²) < 4.78 is 6.91. The smallest absolute Gasteiger partial charge is 0.287 e. The molecule has 1 aliphatic rings. The summed E-state index contributed by atoms with van der Waals surface area (Å²) >= 11 is 0. The van der Waals surface area contributed by atoms with E-state index in [1.165, 1.54) is 0 Å². The van der Waals surface area contributed by atoms with E-state index in [-0.39, 0.29) is 17.9 Å². The fraction of sp³-hybridized carbons (Fsp3) is 0.476. The first-order chi connectivity index (χ1) is 13.6. The molecule has 0 saturated heterocycles. The lowest BCUT2D eigenvalue weighted by atomic mass is 10.1. The number of aromatic nitrogens is 2. The van der Waals surface area contributed by atoms with E-state index in [1.54, 1.807) is 7.11 Å². The molecule has 0 saturated carbocycles. The number of amides is 2. The summed E-state index contributed by atoms with van der Waals surface area (Å²) in [6.45, 7) is 3.76. The predicted molar refractivity (Wildman–Crippen MR) is 106 cm³/mol. The molecule has 3 rings (SSSR count). The van der Waals surface area contributed by atoms with E-state index in [4.69, 9.17) is 4.74 Å². The summed E-state index contributed by atoms with van der Waals surface area (Å²) in [4.78, 5) is 29.9. The number of rotatable bonds is 8. The average Bonchev–Trinajstić information content (AvgIpc) is 3.11. The zero-order valence-electron chi connectivity index (χ0n) is 16.5. The van der Waals surface area contributed by atoms with Crippen molar-refractivity contribution < 1.29 is 14.3 Å². The maximum absolute atomic E-state index is 12.9. The van der Waals surface area contributed by atoms with Crippen LogP contribution in [0.25, 0.3) is 0 Å². The van der Waals surface area contributed by atoms with Crippen molar-refractivity contribution in [3.8, 4) is 0 Å². The molecule has 1 atom stereocenters. The third kappa shape index (κ3) is 4.59. The average molecular weight is 384 g/mol. The van der Waals surface area contributed by atoms with Gasteiger partial charge in [-0.3, -0.25) is 9.59 Å². The Balaban J connectivity index is 1.76. The van der Waals surface area contributed by atoms with Crippen molar-refractivity contribution in [3.63, 3.8) is 0 Å². The van der Waals surface area contributed by atoms with Crippen LogP contribution in [-0.4, -0.2) is 41.6 Å². The molecule has 0 aliphatic carbocycles. The molecule has 0 fully saturated rings. The van der Waals surface area contributed by atoms with Gasteiger partial charge < -0.3 is 19.9 Å². The van der Waals surface area contributed by atoms with Crippen molar-refractivity contribution in [1.29, 1.82) is 0 Å². The van der Waals surface area contributed by atoms with Gasteiger partial charge in [0.25, 0.3) is 11.8 Å². The summed E-state index contributed by atoms with van der Waals surface area (Å²) in [6, 6.07) is 9.65. The summed E-state index contributed by atoms with van der Waals surface area (Å²) in [5.41, 5.74) is 2.25. The van der Waals surface area contributed by atoms with Crippen LogP contribution in [0.4, 0.5) is 0 Å². The SMILES string of the molecule is COCCCNC(=O)c1nc(C(=O)NC(C)c2ccccc2)n2c1CCCC2. The first-order valence-electron chi connectivity index (χ1n) is 9.84. The summed E-state index contributed by atoms with van der Waals surface area (Å²) in [7, 11) is 1.63. The number of benzene rings is 1. The number of imidazole rings is 1. The van der Waals surface area contributed by atoms with E-state index in [2.05, 4.69) is 15.6 Å². The molecule has 2 amide bonds. The molecule has 7 heteroatoms. The highest BCUT2D eigenvalue weighted by Gasteiger charge is 2.27. The van der Waals surface area contributed by atoms with E-state index in [0.717, 1.165) is 36.9 Å². The summed E-state index contributed by atoms with van der Waals surface area (Å²) in [6.07, 6.45) is 3.47. The van der Waals surface area contributed by atoms with Gasteiger partial charge in [-0.2, -0.15) is 0 Å². The van der Waals surface area contributed by atoms with Gasteiger partial charge in [0.05, 0.1) is 11.7 Å². The third-order valence-electron chi connectivity index (χ3n) is 4.99. The highest BCUT2D eigenvalue weighted by atomic mass is 16.5. The van der Waals surface area contributed by atoms with Crippen molar-refractivity contribution in [1.82, 2.24) is 20.2 Å². The number of nitrogens with zero attached hydrogens (tertiary/aromatic N) is 2. The summed E-state index contributed by atoms with van der Waals surface area (Å²) in [5, 5.41) is 5.88. The van der Waals surface area contributed by atoms with Crippen molar-refractivity contribution in [3.05, 3.63) is 53.1 Å². The van der Waals surface area contributed by atoms with Gasteiger partial charge in [-0.05, 0) is 38.2 Å². The van der Waals surface area contributed by atoms with Crippen LogP contribution in [0.5, 0.6) is 0 Å². The lowest BCUT2D eigenvalue weighted by molar-refractivity contribution is 0.0923. The molecule has 1 unspecified atom stereocenters. The van der Waals surface area contributed by atoms with E-state index >= 15 is 0 Å². The highest BCUT2D eigenvalue weighted by molar-refractivity contribution is 5.97.